The Kier molecular flexibility index (Phi) is 3.73. The number of nitrogens with zero attached hydrogens (tertiary/aromatic N) is 2. The largest absolute Gasteiger partial charge is 0.339 e. The van der Waals surface area contributed by atoms with Gasteiger partial charge in [0.2, 0.25) is 5.89 Å². The summed E-state index contributed by atoms with van der Waals surface area (Å²) in [7, 11) is 0. The molecule has 0 spiro atoms. The summed E-state index contributed by atoms with van der Waals surface area (Å²) in [6.45, 7) is 0. The van der Waals surface area contributed by atoms with Crippen LogP contribution >= 0.6 is 12.4 Å². The van der Waals surface area contributed by atoms with Crippen LogP contribution in [0.3, 0.4) is 0 Å². The molecule has 2 N–H and O–H groups in total. The SMILES string of the molecule is Cl.NC1(c2noc(CC3CCCC3)n2)CCC1. The summed E-state index contributed by atoms with van der Waals surface area (Å²) in [5, 5.41) is 4.04. The lowest BCUT2D eigenvalue weighted by Crippen LogP contribution is -2.44. The number of aromatic nitrogens is 2. The van der Waals surface area contributed by atoms with Gasteiger partial charge in [-0.15, -0.1) is 12.4 Å². The van der Waals surface area contributed by atoms with E-state index in [1.807, 2.05) is 0 Å². The van der Waals surface area contributed by atoms with Gasteiger partial charge in [0, 0.05) is 6.42 Å². The second-order valence-corrected chi connectivity index (χ2v) is 5.38. The molecular formula is C12H20ClN3O. The maximum Gasteiger partial charge on any atom is 0.226 e. The van der Waals surface area contributed by atoms with Crippen molar-refractivity contribution >= 4 is 12.4 Å². The van der Waals surface area contributed by atoms with Crippen LogP contribution in [0.15, 0.2) is 4.52 Å². The zero-order valence-electron chi connectivity index (χ0n) is 10.0. The van der Waals surface area contributed by atoms with E-state index < -0.39 is 0 Å². The summed E-state index contributed by atoms with van der Waals surface area (Å²) < 4.78 is 5.31. The fourth-order valence-electron chi connectivity index (χ4n) is 2.78. The number of halogens is 1. The molecule has 2 aliphatic rings. The number of hydrogen-bond acceptors (Lipinski definition) is 4. The second-order valence-electron chi connectivity index (χ2n) is 5.38. The van der Waals surface area contributed by atoms with E-state index in [0.29, 0.717) is 0 Å². The molecule has 0 unspecified atom stereocenters. The van der Waals surface area contributed by atoms with Gasteiger partial charge in [-0.3, -0.25) is 0 Å². The predicted octanol–water partition coefficient (Wildman–Crippen LogP) is 2.56. The van der Waals surface area contributed by atoms with Crippen LogP contribution in [-0.2, 0) is 12.0 Å². The number of nitrogens with two attached hydrogens (primary N) is 1. The molecule has 1 aromatic rings. The molecule has 3 rings (SSSR count). The van der Waals surface area contributed by atoms with Crippen molar-refractivity contribution < 1.29 is 4.52 Å². The maximum absolute atomic E-state index is 6.16. The van der Waals surface area contributed by atoms with Gasteiger partial charge >= 0.3 is 0 Å². The molecule has 2 saturated carbocycles. The molecule has 0 atom stereocenters. The molecule has 0 aromatic carbocycles. The third-order valence-corrected chi connectivity index (χ3v) is 4.10. The van der Waals surface area contributed by atoms with Gasteiger partial charge in [0.05, 0.1) is 5.54 Å². The topological polar surface area (TPSA) is 64.9 Å². The Bertz CT molecular complexity index is 370. The molecule has 96 valence electrons. The summed E-state index contributed by atoms with van der Waals surface area (Å²) in [5.74, 6) is 2.27. The lowest BCUT2D eigenvalue weighted by molar-refractivity contribution is 0.228. The van der Waals surface area contributed by atoms with Crippen molar-refractivity contribution in [2.45, 2.75) is 56.9 Å². The Morgan fingerprint density at radius 1 is 1.24 bits per heavy atom. The first-order chi connectivity index (χ1) is 7.76. The third kappa shape index (κ3) is 2.47. The van der Waals surface area contributed by atoms with E-state index >= 15 is 0 Å². The normalized spacial score (nSPS) is 23.1. The predicted molar refractivity (Wildman–Crippen MR) is 66.9 cm³/mol. The summed E-state index contributed by atoms with van der Waals surface area (Å²) in [6, 6.07) is 0. The molecule has 0 saturated heterocycles. The molecule has 1 aromatic heterocycles. The van der Waals surface area contributed by atoms with Crippen LogP contribution in [0.1, 0.15) is 56.7 Å². The van der Waals surface area contributed by atoms with E-state index in [0.717, 1.165) is 36.9 Å². The van der Waals surface area contributed by atoms with Crippen LogP contribution in [0.4, 0.5) is 0 Å². The van der Waals surface area contributed by atoms with Gasteiger partial charge in [-0.05, 0) is 38.0 Å². The Balaban J connectivity index is 0.00000108. The molecule has 4 nitrogen and oxygen atoms in total. The average molecular weight is 258 g/mol. The molecule has 1 heterocycles. The minimum absolute atomic E-state index is 0. The van der Waals surface area contributed by atoms with Crippen LogP contribution in [-0.4, -0.2) is 10.1 Å². The van der Waals surface area contributed by atoms with E-state index in [9.17, 15) is 0 Å². The minimum atomic E-state index is -0.280. The lowest BCUT2D eigenvalue weighted by Gasteiger charge is -2.34. The quantitative estimate of drug-likeness (QED) is 0.904. The molecule has 0 radical (unpaired) electrons. The van der Waals surface area contributed by atoms with Crippen LogP contribution < -0.4 is 5.73 Å². The fraction of sp³-hybridized carbons (Fsp3) is 0.833. The van der Waals surface area contributed by atoms with Crippen molar-refractivity contribution in [2.24, 2.45) is 11.7 Å². The average Bonchev–Trinajstić information content (AvgIpc) is 2.86. The van der Waals surface area contributed by atoms with E-state index in [1.165, 1.54) is 32.1 Å². The highest BCUT2D eigenvalue weighted by Crippen LogP contribution is 2.37. The van der Waals surface area contributed by atoms with Crippen molar-refractivity contribution in [1.82, 2.24) is 10.1 Å². The summed E-state index contributed by atoms with van der Waals surface area (Å²) >= 11 is 0. The zero-order chi connectivity index (χ0) is 11.0. The Morgan fingerprint density at radius 3 is 2.53 bits per heavy atom. The molecule has 2 aliphatic carbocycles. The standard InChI is InChI=1S/C12H19N3O.ClH/c13-12(6-3-7-12)11-14-10(16-15-11)8-9-4-1-2-5-9;/h9H,1-8,13H2;1H. The van der Waals surface area contributed by atoms with Crippen molar-refractivity contribution in [3.8, 4) is 0 Å². The first-order valence-electron chi connectivity index (χ1n) is 6.38. The second kappa shape index (κ2) is 4.94. The van der Waals surface area contributed by atoms with Crippen molar-refractivity contribution in [2.75, 3.05) is 0 Å². The highest BCUT2D eigenvalue weighted by atomic mass is 35.5. The van der Waals surface area contributed by atoms with Gasteiger partial charge in [-0.1, -0.05) is 18.0 Å². The van der Waals surface area contributed by atoms with Gasteiger partial charge in [-0.25, -0.2) is 0 Å². The lowest BCUT2D eigenvalue weighted by atomic mass is 9.77. The molecule has 0 amide bonds. The van der Waals surface area contributed by atoms with Crippen molar-refractivity contribution in [1.29, 1.82) is 0 Å². The monoisotopic (exact) mass is 257 g/mol. The summed E-state index contributed by atoms with van der Waals surface area (Å²) in [5.41, 5.74) is 5.88. The van der Waals surface area contributed by atoms with Crippen molar-refractivity contribution in [3.05, 3.63) is 11.7 Å². The third-order valence-electron chi connectivity index (χ3n) is 4.10. The molecule has 0 bridgehead atoms. The minimum Gasteiger partial charge on any atom is -0.339 e. The molecular weight excluding hydrogens is 238 g/mol. The van der Waals surface area contributed by atoms with Gasteiger partial charge in [-0.2, -0.15) is 4.98 Å². The first kappa shape index (κ1) is 12.8. The van der Waals surface area contributed by atoms with E-state index in [-0.39, 0.29) is 17.9 Å². The number of rotatable bonds is 3. The molecule has 0 aliphatic heterocycles. The first-order valence-corrected chi connectivity index (χ1v) is 6.38. The van der Waals surface area contributed by atoms with E-state index in [1.54, 1.807) is 0 Å². The Morgan fingerprint density at radius 2 is 1.94 bits per heavy atom. The zero-order valence-corrected chi connectivity index (χ0v) is 10.8. The highest BCUT2D eigenvalue weighted by Gasteiger charge is 2.39. The van der Waals surface area contributed by atoms with E-state index in [2.05, 4.69) is 10.1 Å². The highest BCUT2D eigenvalue weighted by molar-refractivity contribution is 5.85. The van der Waals surface area contributed by atoms with Gasteiger partial charge < -0.3 is 10.3 Å². The summed E-state index contributed by atoms with van der Waals surface area (Å²) in [4.78, 5) is 4.46. The van der Waals surface area contributed by atoms with Gasteiger partial charge in [0.25, 0.3) is 0 Å². The van der Waals surface area contributed by atoms with Crippen LogP contribution in [0, 0.1) is 5.92 Å². The van der Waals surface area contributed by atoms with Gasteiger partial charge in [0.1, 0.15) is 0 Å². The number of hydrogen-bond donors (Lipinski definition) is 1. The van der Waals surface area contributed by atoms with Crippen molar-refractivity contribution in [3.63, 3.8) is 0 Å². The molecule has 17 heavy (non-hydrogen) atoms. The maximum atomic E-state index is 6.16. The Hall–Kier alpha value is -0.610. The summed E-state index contributed by atoms with van der Waals surface area (Å²) in [6.07, 6.45) is 9.45. The van der Waals surface area contributed by atoms with Crippen LogP contribution in [0.25, 0.3) is 0 Å². The fourth-order valence-corrected chi connectivity index (χ4v) is 2.78. The van der Waals surface area contributed by atoms with Crippen LogP contribution in [0.5, 0.6) is 0 Å². The van der Waals surface area contributed by atoms with Gasteiger partial charge in [0.15, 0.2) is 5.82 Å². The molecule has 2 fully saturated rings. The smallest absolute Gasteiger partial charge is 0.226 e. The molecule has 5 heteroatoms. The van der Waals surface area contributed by atoms with Crippen LogP contribution in [0.2, 0.25) is 0 Å². The Labute approximate surface area is 108 Å². The van der Waals surface area contributed by atoms with E-state index in [4.69, 9.17) is 10.3 Å².